The second-order valence-electron chi connectivity index (χ2n) is 3.55. The molecule has 0 aliphatic rings. The molecule has 86 valence electrons. The van der Waals surface area contributed by atoms with Gasteiger partial charge >= 0.3 is 0 Å². The lowest BCUT2D eigenvalue weighted by molar-refractivity contribution is 0.771. The Morgan fingerprint density at radius 3 is 2.75 bits per heavy atom. The molecule has 16 heavy (non-hydrogen) atoms. The zero-order chi connectivity index (χ0) is 11.5. The van der Waals surface area contributed by atoms with Crippen LogP contribution in [0.5, 0.6) is 0 Å². The zero-order valence-corrected chi connectivity index (χ0v) is 10.6. The van der Waals surface area contributed by atoms with Gasteiger partial charge in [0.05, 0.1) is 4.88 Å². The van der Waals surface area contributed by atoms with Gasteiger partial charge in [-0.15, -0.1) is 21.5 Å². The van der Waals surface area contributed by atoms with Crippen LogP contribution in [0.4, 0.5) is 5.95 Å². The Kier molecular flexibility index (Phi) is 3.24. The second kappa shape index (κ2) is 4.65. The molecule has 0 aliphatic heterocycles. The lowest BCUT2D eigenvalue weighted by Crippen LogP contribution is -2.06. The average Bonchev–Trinajstić information content (AvgIpc) is 2.84. The smallest absolute Gasteiger partial charge is 0.224 e. The molecule has 0 unspecified atom stereocenters. The number of anilines is 1. The zero-order valence-electron chi connectivity index (χ0n) is 9.82. The Hall–Kier alpha value is -1.36. The standard InChI is InChI=1S/C11H16N4S/c1-4-12-11-14-13-10(15(11)5-2)9-8(3)6-7-16-9/h6-7H,4-5H2,1-3H3,(H,12,14). The summed E-state index contributed by atoms with van der Waals surface area (Å²) in [5, 5.41) is 13.8. The lowest BCUT2D eigenvalue weighted by atomic mass is 10.3. The van der Waals surface area contributed by atoms with Crippen molar-refractivity contribution in [3.8, 4) is 10.7 Å². The molecule has 0 radical (unpaired) electrons. The van der Waals surface area contributed by atoms with Crippen molar-refractivity contribution >= 4 is 17.3 Å². The van der Waals surface area contributed by atoms with Crippen molar-refractivity contribution in [3.05, 3.63) is 17.0 Å². The van der Waals surface area contributed by atoms with Crippen molar-refractivity contribution in [1.82, 2.24) is 14.8 Å². The number of nitrogens with one attached hydrogen (secondary N) is 1. The van der Waals surface area contributed by atoms with Crippen LogP contribution in [0.2, 0.25) is 0 Å². The number of nitrogens with zero attached hydrogens (tertiary/aromatic N) is 3. The van der Waals surface area contributed by atoms with E-state index < -0.39 is 0 Å². The molecule has 0 aliphatic carbocycles. The van der Waals surface area contributed by atoms with E-state index in [1.807, 2.05) is 0 Å². The molecular formula is C11H16N4S. The number of aromatic nitrogens is 3. The fourth-order valence-corrected chi connectivity index (χ4v) is 2.58. The number of aryl methyl sites for hydroxylation is 1. The molecule has 2 heterocycles. The van der Waals surface area contributed by atoms with E-state index in [1.165, 1.54) is 10.4 Å². The van der Waals surface area contributed by atoms with Gasteiger partial charge in [-0.3, -0.25) is 4.57 Å². The fourth-order valence-electron chi connectivity index (χ4n) is 1.66. The molecule has 0 saturated heterocycles. The highest BCUT2D eigenvalue weighted by Gasteiger charge is 2.14. The number of thiophene rings is 1. The molecule has 0 bridgehead atoms. The van der Waals surface area contributed by atoms with Gasteiger partial charge in [-0.05, 0) is 37.8 Å². The maximum absolute atomic E-state index is 4.27. The molecule has 5 heteroatoms. The normalized spacial score (nSPS) is 10.7. The SMILES string of the molecule is CCNc1nnc(-c2sccc2C)n1CC. The quantitative estimate of drug-likeness (QED) is 0.887. The molecule has 2 aromatic rings. The molecular weight excluding hydrogens is 220 g/mol. The van der Waals surface area contributed by atoms with Gasteiger partial charge in [0.2, 0.25) is 5.95 Å². The van der Waals surface area contributed by atoms with Gasteiger partial charge in [0, 0.05) is 13.1 Å². The van der Waals surface area contributed by atoms with E-state index in [4.69, 9.17) is 0 Å². The topological polar surface area (TPSA) is 42.7 Å². The Morgan fingerprint density at radius 2 is 2.19 bits per heavy atom. The van der Waals surface area contributed by atoms with E-state index in [2.05, 4.69) is 52.3 Å². The largest absolute Gasteiger partial charge is 0.355 e. The first kappa shape index (κ1) is 11.1. The fraction of sp³-hybridized carbons (Fsp3) is 0.455. The van der Waals surface area contributed by atoms with Gasteiger partial charge < -0.3 is 5.32 Å². The van der Waals surface area contributed by atoms with Crippen LogP contribution in [0.3, 0.4) is 0 Å². The van der Waals surface area contributed by atoms with Gasteiger partial charge in [0.15, 0.2) is 5.82 Å². The average molecular weight is 236 g/mol. The predicted molar refractivity (Wildman–Crippen MR) is 67.9 cm³/mol. The van der Waals surface area contributed by atoms with Crippen LogP contribution < -0.4 is 5.32 Å². The van der Waals surface area contributed by atoms with E-state index >= 15 is 0 Å². The first-order valence-electron chi connectivity index (χ1n) is 5.49. The van der Waals surface area contributed by atoms with Gasteiger partial charge in [-0.1, -0.05) is 0 Å². The first-order chi connectivity index (χ1) is 7.77. The Bertz CT molecular complexity index is 472. The third kappa shape index (κ3) is 1.82. The summed E-state index contributed by atoms with van der Waals surface area (Å²) in [5.74, 6) is 1.82. The van der Waals surface area contributed by atoms with Crippen molar-refractivity contribution in [2.45, 2.75) is 27.3 Å². The monoisotopic (exact) mass is 236 g/mol. The van der Waals surface area contributed by atoms with Crippen LogP contribution in [0.15, 0.2) is 11.4 Å². The van der Waals surface area contributed by atoms with Crippen LogP contribution in [0, 0.1) is 6.92 Å². The minimum Gasteiger partial charge on any atom is -0.355 e. The molecule has 0 amide bonds. The highest BCUT2D eigenvalue weighted by molar-refractivity contribution is 7.13. The van der Waals surface area contributed by atoms with Gasteiger partial charge in [0.25, 0.3) is 0 Å². The van der Waals surface area contributed by atoms with Crippen LogP contribution >= 0.6 is 11.3 Å². The summed E-state index contributed by atoms with van der Waals surface area (Å²) in [5.41, 5.74) is 1.26. The van der Waals surface area contributed by atoms with Crippen LogP contribution in [-0.2, 0) is 6.54 Å². The molecule has 0 atom stereocenters. The third-order valence-electron chi connectivity index (χ3n) is 2.47. The van der Waals surface area contributed by atoms with E-state index in [0.29, 0.717) is 0 Å². The van der Waals surface area contributed by atoms with E-state index in [0.717, 1.165) is 24.9 Å². The summed E-state index contributed by atoms with van der Waals surface area (Å²) in [6.45, 7) is 8.01. The molecule has 0 fully saturated rings. The molecule has 0 spiro atoms. The maximum atomic E-state index is 4.27. The predicted octanol–water partition coefficient (Wildman–Crippen LogP) is 2.77. The third-order valence-corrected chi connectivity index (χ3v) is 3.48. The molecule has 1 N–H and O–H groups in total. The van der Waals surface area contributed by atoms with Gasteiger partial charge in [0.1, 0.15) is 0 Å². The van der Waals surface area contributed by atoms with Crippen molar-refractivity contribution in [2.75, 3.05) is 11.9 Å². The van der Waals surface area contributed by atoms with Crippen molar-refractivity contribution < 1.29 is 0 Å². The molecule has 0 saturated carbocycles. The summed E-state index contributed by atoms with van der Waals surface area (Å²) in [6, 6.07) is 2.11. The minimum absolute atomic E-state index is 0.854. The van der Waals surface area contributed by atoms with Crippen molar-refractivity contribution in [2.24, 2.45) is 0 Å². The number of hydrogen-bond donors (Lipinski definition) is 1. The van der Waals surface area contributed by atoms with Crippen molar-refractivity contribution in [3.63, 3.8) is 0 Å². The Labute approximate surface area is 99.3 Å². The van der Waals surface area contributed by atoms with E-state index in [-0.39, 0.29) is 0 Å². The van der Waals surface area contributed by atoms with Crippen LogP contribution in [0.1, 0.15) is 19.4 Å². The summed E-state index contributed by atoms with van der Waals surface area (Å²) in [6.07, 6.45) is 0. The molecule has 0 aromatic carbocycles. The summed E-state index contributed by atoms with van der Waals surface area (Å²) in [4.78, 5) is 1.21. The summed E-state index contributed by atoms with van der Waals surface area (Å²) in [7, 11) is 0. The Morgan fingerprint density at radius 1 is 1.38 bits per heavy atom. The van der Waals surface area contributed by atoms with E-state index in [9.17, 15) is 0 Å². The first-order valence-corrected chi connectivity index (χ1v) is 6.37. The van der Waals surface area contributed by atoms with Gasteiger partial charge in [-0.25, -0.2) is 0 Å². The Balaban J connectivity index is 2.46. The van der Waals surface area contributed by atoms with Crippen molar-refractivity contribution in [1.29, 1.82) is 0 Å². The highest BCUT2D eigenvalue weighted by Crippen LogP contribution is 2.28. The molecule has 4 nitrogen and oxygen atoms in total. The van der Waals surface area contributed by atoms with E-state index in [1.54, 1.807) is 11.3 Å². The molecule has 2 rings (SSSR count). The maximum Gasteiger partial charge on any atom is 0.224 e. The van der Waals surface area contributed by atoms with Crippen LogP contribution in [0.25, 0.3) is 10.7 Å². The molecule has 2 aromatic heterocycles. The lowest BCUT2D eigenvalue weighted by Gasteiger charge is -2.07. The number of hydrogen-bond acceptors (Lipinski definition) is 4. The van der Waals surface area contributed by atoms with Gasteiger partial charge in [-0.2, -0.15) is 0 Å². The summed E-state index contributed by atoms with van der Waals surface area (Å²) < 4.78 is 2.11. The second-order valence-corrected chi connectivity index (χ2v) is 4.47. The highest BCUT2D eigenvalue weighted by atomic mass is 32.1. The summed E-state index contributed by atoms with van der Waals surface area (Å²) >= 11 is 1.71. The minimum atomic E-state index is 0.854. The number of rotatable bonds is 4. The van der Waals surface area contributed by atoms with Crippen LogP contribution in [-0.4, -0.2) is 21.3 Å².